The first kappa shape index (κ1) is 16.8. The maximum absolute atomic E-state index is 12.9. The Hall–Kier alpha value is -2.60. The number of rotatable bonds is 2. The Morgan fingerprint density at radius 2 is 1.92 bits per heavy atom. The fourth-order valence-electron chi connectivity index (χ4n) is 3.04. The number of ether oxygens (including phenoxy) is 3. The van der Waals surface area contributed by atoms with Gasteiger partial charge in [0.15, 0.2) is 11.5 Å². The molecule has 1 N–H and O–H groups in total. The molecule has 0 aromatic heterocycles. The van der Waals surface area contributed by atoms with E-state index in [1.165, 1.54) is 0 Å². The number of benzene rings is 2. The summed E-state index contributed by atoms with van der Waals surface area (Å²) in [7, 11) is 0. The number of urea groups is 1. The van der Waals surface area contributed by atoms with Gasteiger partial charge in [-0.3, -0.25) is 4.90 Å². The van der Waals surface area contributed by atoms with Gasteiger partial charge in [0.05, 0.1) is 12.2 Å². The van der Waals surface area contributed by atoms with Gasteiger partial charge in [-0.1, -0.05) is 18.5 Å². The molecule has 4 rings (SSSR count). The molecule has 0 fully saturated rings. The van der Waals surface area contributed by atoms with Crippen LogP contribution >= 0.6 is 11.6 Å². The van der Waals surface area contributed by atoms with E-state index in [0.29, 0.717) is 53.4 Å². The predicted octanol–water partition coefficient (Wildman–Crippen LogP) is 4.32. The summed E-state index contributed by atoms with van der Waals surface area (Å²) in [5.41, 5.74) is 1.31. The molecule has 26 heavy (non-hydrogen) atoms. The molecule has 0 aliphatic carbocycles. The van der Waals surface area contributed by atoms with Gasteiger partial charge in [-0.15, -0.1) is 0 Å². The van der Waals surface area contributed by atoms with Crippen molar-refractivity contribution >= 4 is 29.0 Å². The molecule has 0 unspecified atom stereocenters. The van der Waals surface area contributed by atoms with Crippen molar-refractivity contribution in [3.8, 4) is 17.2 Å². The number of hydrogen-bond acceptors (Lipinski definition) is 4. The fourth-order valence-corrected chi connectivity index (χ4v) is 3.20. The molecule has 2 heterocycles. The van der Waals surface area contributed by atoms with E-state index in [1.807, 2.05) is 6.92 Å². The van der Waals surface area contributed by atoms with Crippen LogP contribution in [-0.2, 0) is 0 Å². The van der Waals surface area contributed by atoms with E-state index in [-0.39, 0.29) is 12.1 Å². The lowest BCUT2D eigenvalue weighted by Crippen LogP contribution is -2.45. The molecule has 2 aliphatic rings. The molecule has 0 spiro atoms. The maximum Gasteiger partial charge on any atom is 0.326 e. The number of nitrogens with zero attached hydrogens (tertiary/aromatic N) is 1. The standard InChI is InChI=1S/C19H19ClN2O4/c1-2-14-11-22(15-9-12(20)3-5-16(15)26-14)19(23)21-13-4-6-17-18(10-13)25-8-7-24-17/h3-6,9-10,14H,2,7-8,11H2,1H3,(H,21,23)/t14-/m0/s1. The van der Waals surface area contributed by atoms with Gasteiger partial charge in [0.2, 0.25) is 0 Å². The van der Waals surface area contributed by atoms with E-state index in [1.54, 1.807) is 41.3 Å². The smallest absolute Gasteiger partial charge is 0.326 e. The summed E-state index contributed by atoms with van der Waals surface area (Å²) in [6.45, 7) is 3.52. The van der Waals surface area contributed by atoms with E-state index < -0.39 is 0 Å². The first-order valence-electron chi connectivity index (χ1n) is 8.58. The normalized spacial score (nSPS) is 17.9. The molecule has 0 saturated carbocycles. The zero-order valence-corrected chi connectivity index (χ0v) is 15.1. The molecule has 7 heteroatoms. The highest BCUT2D eigenvalue weighted by atomic mass is 35.5. The Morgan fingerprint density at radius 1 is 1.15 bits per heavy atom. The van der Waals surface area contributed by atoms with Crippen molar-refractivity contribution < 1.29 is 19.0 Å². The van der Waals surface area contributed by atoms with Gasteiger partial charge in [0.25, 0.3) is 0 Å². The Balaban J connectivity index is 1.58. The lowest BCUT2D eigenvalue weighted by molar-refractivity contribution is 0.171. The van der Waals surface area contributed by atoms with Crippen LogP contribution in [0.15, 0.2) is 36.4 Å². The minimum atomic E-state index is -0.244. The summed E-state index contributed by atoms with van der Waals surface area (Å²) in [4.78, 5) is 14.6. The third kappa shape index (κ3) is 3.24. The lowest BCUT2D eigenvalue weighted by Gasteiger charge is -2.34. The quantitative estimate of drug-likeness (QED) is 0.850. The third-order valence-corrected chi connectivity index (χ3v) is 4.62. The maximum atomic E-state index is 12.9. The van der Waals surface area contributed by atoms with Crippen molar-refractivity contribution in [2.24, 2.45) is 0 Å². The third-order valence-electron chi connectivity index (χ3n) is 4.39. The van der Waals surface area contributed by atoms with E-state index in [4.69, 9.17) is 25.8 Å². The SMILES string of the molecule is CC[C@H]1CN(C(=O)Nc2ccc3c(c2)OCCO3)c2cc(Cl)ccc2O1. The van der Waals surface area contributed by atoms with E-state index in [2.05, 4.69) is 5.32 Å². The largest absolute Gasteiger partial charge is 0.486 e. The highest BCUT2D eigenvalue weighted by Crippen LogP contribution is 2.37. The number of nitrogens with one attached hydrogen (secondary N) is 1. The molecule has 6 nitrogen and oxygen atoms in total. The molecule has 136 valence electrons. The van der Waals surface area contributed by atoms with Crippen LogP contribution in [-0.4, -0.2) is 31.9 Å². The average Bonchev–Trinajstić information content (AvgIpc) is 2.67. The summed E-state index contributed by atoms with van der Waals surface area (Å²) < 4.78 is 17.0. The van der Waals surface area contributed by atoms with Crippen LogP contribution in [0.2, 0.25) is 5.02 Å². The summed E-state index contributed by atoms with van der Waals surface area (Å²) >= 11 is 6.11. The van der Waals surface area contributed by atoms with E-state index in [9.17, 15) is 4.79 Å². The second kappa shape index (κ2) is 6.96. The van der Waals surface area contributed by atoms with Crippen LogP contribution in [0.4, 0.5) is 16.2 Å². The van der Waals surface area contributed by atoms with Crippen molar-refractivity contribution in [3.63, 3.8) is 0 Å². The van der Waals surface area contributed by atoms with Crippen LogP contribution in [0.1, 0.15) is 13.3 Å². The van der Waals surface area contributed by atoms with Crippen molar-refractivity contribution in [1.29, 1.82) is 0 Å². The summed E-state index contributed by atoms with van der Waals surface area (Å²) in [5, 5.41) is 3.47. The van der Waals surface area contributed by atoms with Crippen molar-refractivity contribution in [2.75, 3.05) is 30.0 Å². The number of fused-ring (bicyclic) bond motifs is 2. The van der Waals surface area contributed by atoms with Crippen LogP contribution in [0, 0.1) is 0 Å². The molecule has 1 atom stereocenters. The molecule has 0 radical (unpaired) electrons. The molecule has 0 saturated heterocycles. The number of halogens is 1. The number of carbonyl (C=O) groups is 1. The van der Waals surface area contributed by atoms with Gasteiger partial charge < -0.3 is 19.5 Å². The summed E-state index contributed by atoms with van der Waals surface area (Å²) in [5.74, 6) is 1.97. The Morgan fingerprint density at radius 3 is 2.73 bits per heavy atom. The molecule has 2 aromatic carbocycles. The number of hydrogen-bond donors (Lipinski definition) is 1. The Labute approximate surface area is 156 Å². The van der Waals surface area contributed by atoms with Crippen LogP contribution in [0.5, 0.6) is 17.2 Å². The zero-order chi connectivity index (χ0) is 18.1. The van der Waals surface area contributed by atoms with Gasteiger partial charge in [-0.25, -0.2) is 4.79 Å². The highest BCUT2D eigenvalue weighted by molar-refractivity contribution is 6.31. The first-order valence-corrected chi connectivity index (χ1v) is 8.96. The lowest BCUT2D eigenvalue weighted by atomic mass is 10.1. The van der Waals surface area contributed by atoms with Crippen LogP contribution in [0.3, 0.4) is 0 Å². The number of carbonyl (C=O) groups excluding carboxylic acids is 1. The molecule has 2 aromatic rings. The summed E-state index contributed by atoms with van der Waals surface area (Å²) in [6.07, 6.45) is 0.741. The molecular formula is C19H19ClN2O4. The predicted molar refractivity (Wildman–Crippen MR) is 100.0 cm³/mol. The van der Waals surface area contributed by atoms with Gasteiger partial charge in [0, 0.05) is 16.8 Å². The van der Waals surface area contributed by atoms with E-state index >= 15 is 0 Å². The van der Waals surface area contributed by atoms with Gasteiger partial charge in [0.1, 0.15) is 25.1 Å². The molecule has 0 bridgehead atoms. The van der Waals surface area contributed by atoms with E-state index in [0.717, 1.165) is 6.42 Å². The number of amides is 2. The highest BCUT2D eigenvalue weighted by Gasteiger charge is 2.29. The van der Waals surface area contributed by atoms with Crippen LogP contribution in [0.25, 0.3) is 0 Å². The Bertz CT molecular complexity index is 842. The topological polar surface area (TPSA) is 60.0 Å². The average molecular weight is 375 g/mol. The fraction of sp³-hybridized carbons (Fsp3) is 0.316. The minimum Gasteiger partial charge on any atom is -0.486 e. The van der Waals surface area contributed by atoms with Crippen molar-refractivity contribution in [1.82, 2.24) is 0 Å². The molecule has 2 amide bonds. The van der Waals surface area contributed by atoms with Gasteiger partial charge >= 0.3 is 6.03 Å². The Kier molecular flexibility index (Phi) is 4.51. The van der Waals surface area contributed by atoms with Crippen molar-refractivity contribution in [3.05, 3.63) is 41.4 Å². The van der Waals surface area contributed by atoms with Crippen molar-refractivity contribution in [2.45, 2.75) is 19.4 Å². The van der Waals surface area contributed by atoms with Gasteiger partial charge in [-0.2, -0.15) is 0 Å². The minimum absolute atomic E-state index is 0.0605. The number of anilines is 2. The summed E-state index contributed by atoms with van der Waals surface area (Å²) in [6, 6.07) is 10.4. The van der Waals surface area contributed by atoms with Gasteiger partial charge in [-0.05, 0) is 36.8 Å². The van der Waals surface area contributed by atoms with Crippen LogP contribution < -0.4 is 24.4 Å². The zero-order valence-electron chi connectivity index (χ0n) is 14.3. The second-order valence-electron chi connectivity index (χ2n) is 6.16. The first-order chi connectivity index (χ1) is 12.6. The monoisotopic (exact) mass is 374 g/mol. The molecule has 2 aliphatic heterocycles. The second-order valence-corrected chi connectivity index (χ2v) is 6.60. The molecular weight excluding hydrogens is 356 g/mol.